The first kappa shape index (κ1) is 16.4. The van der Waals surface area contributed by atoms with Crippen molar-refractivity contribution in [3.63, 3.8) is 0 Å². The molecule has 1 aliphatic rings. The van der Waals surface area contributed by atoms with Gasteiger partial charge in [0.25, 0.3) is 11.8 Å². The summed E-state index contributed by atoms with van der Waals surface area (Å²) < 4.78 is 0. The number of hydrogen-bond acceptors (Lipinski definition) is 2. The van der Waals surface area contributed by atoms with E-state index in [0.717, 1.165) is 33.9 Å². The highest BCUT2D eigenvalue weighted by Crippen LogP contribution is 2.17. The van der Waals surface area contributed by atoms with Gasteiger partial charge in [-0.05, 0) is 39.8 Å². The van der Waals surface area contributed by atoms with Crippen molar-refractivity contribution < 1.29 is 9.59 Å². The minimum absolute atomic E-state index is 0.0395. The zero-order chi connectivity index (χ0) is 17.4. The molecule has 0 saturated carbocycles. The van der Waals surface area contributed by atoms with Crippen LogP contribution in [0, 0.1) is 27.7 Å². The first-order chi connectivity index (χ1) is 11.4. The van der Waals surface area contributed by atoms with Crippen LogP contribution in [0.15, 0.2) is 12.1 Å². The average Bonchev–Trinajstić information content (AvgIpc) is 3.07. The molecule has 6 heteroatoms. The molecule has 0 aliphatic carbocycles. The van der Waals surface area contributed by atoms with Crippen molar-refractivity contribution in [1.29, 1.82) is 0 Å². The van der Waals surface area contributed by atoms with E-state index in [-0.39, 0.29) is 11.8 Å². The monoisotopic (exact) mass is 328 g/mol. The number of aromatic amines is 2. The van der Waals surface area contributed by atoms with E-state index in [2.05, 4.69) is 9.97 Å². The van der Waals surface area contributed by atoms with E-state index < -0.39 is 0 Å². The molecule has 24 heavy (non-hydrogen) atoms. The number of amides is 2. The van der Waals surface area contributed by atoms with Gasteiger partial charge < -0.3 is 19.8 Å². The van der Waals surface area contributed by atoms with Crippen LogP contribution in [0.4, 0.5) is 0 Å². The Bertz CT molecular complexity index is 713. The number of aryl methyl sites for hydroxylation is 4. The minimum atomic E-state index is 0.0395. The van der Waals surface area contributed by atoms with Crippen LogP contribution in [0.2, 0.25) is 0 Å². The standard InChI is InChI=1S/C18H24N4O2/c1-11-9-15(13(3)19-11)17(23)21-5-7-22(8-6-21)18(24)16-10-12(2)20-14(16)4/h9-10,19-20H,5-8H2,1-4H3. The van der Waals surface area contributed by atoms with E-state index >= 15 is 0 Å². The van der Waals surface area contributed by atoms with Crippen molar-refractivity contribution in [2.24, 2.45) is 0 Å². The number of nitrogens with zero attached hydrogens (tertiary/aromatic N) is 2. The number of nitrogens with one attached hydrogen (secondary N) is 2. The average molecular weight is 328 g/mol. The minimum Gasteiger partial charge on any atom is -0.362 e. The second-order valence-electron chi connectivity index (χ2n) is 6.57. The van der Waals surface area contributed by atoms with Crippen LogP contribution in [0.5, 0.6) is 0 Å². The predicted molar refractivity (Wildman–Crippen MR) is 92.3 cm³/mol. The highest BCUT2D eigenvalue weighted by atomic mass is 16.2. The molecule has 1 fully saturated rings. The van der Waals surface area contributed by atoms with Gasteiger partial charge in [-0.15, -0.1) is 0 Å². The fourth-order valence-corrected chi connectivity index (χ4v) is 3.35. The van der Waals surface area contributed by atoms with Gasteiger partial charge in [0.05, 0.1) is 11.1 Å². The Hall–Kier alpha value is -2.50. The van der Waals surface area contributed by atoms with E-state index in [1.54, 1.807) is 0 Å². The van der Waals surface area contributed by atoms with Crippen molar-refractivity contribution in [3.05, 3.63) is 46.0 Å². The molecule has 2 amide bonds. The van der Waals surface area contributed by atoms with Crippen LogP contribution >= 0.6 is 0 Å². The third-order valence-corrected chi connectivity index (χ3v) is 4.61. The summed E-state index contributed by atoms with van der Waals surface area (Å²) in [6, 6.07) is 3.78. The van der Waals surface area contributed by atoms with Gasteiger partial charge in [0.15, 0.2) is 0 Å². The summed E-state index contributed by atoms with van der Waals surface area (Å²) in [6.07, 6.45) is 0. The Balaban J connectivity index is 1.65. The zero-order valence-corrected chi connectivity index (χ0v) is 14.7. The summed E-state index contributed by atoms with van der Waals surface area (Å²) in [5.74, 6) is 0.0789. The molecule has 2 aromatic rings. The van der Waals surface area contributed by atoms with Gasteiger partial charge >= 0.3 is 0 Å². The highest BCUT2D eigenvalue weighted by Gasteiger charge is 2.27. The number of aromatic nitrogens is 2. The maximum atomic E-state index is 12.6. The first-order valence-electron chi connectivity index (χ1n) is 8.28. The molecule has 1 saturated heterocycles. The molecule has 3 rings (SSSR count). The molecule has 3 heterocycles. The molecule has 128 valence electrons. The maximum Gasteiger partial charge on any atom is 0.255 e. The smallest absolute Gasteiger partial charge is 0.255 e. The third kappa shape index (κ3) is 2.96. The van der Waals surface area contributed by atoms with Gasteiger partial charge in [-0.25, -0.2) is 0 Å². The normalized spacial score (nSPS) is 15.0. The summed E-state index contributed by atoms with van der Waals surface area (Å²) in [4.78, 5) is 35.3. The van der Waals surface area contributed by atoms with Crippen LogP contribution in [-0.2, 0) is 0 Å². The summed E-state index contributed by atoms with van der Waals surface area (Å²) in [5.41, 5.74) is 5.23. The number of carbonyl (C=O) groups is 2. The Morgan fingerprint density at radius 2 is 1.08 bits per heavy atom. The Morgan fingerprint density at radius 3 is 1.33 bits per heavy atom. The van der Waals surface area contributed by atoms with Gasteiger partial charge in [0.1, 0.15) is 0 Å². The third-order valence-electron chi connectivity index (χ3n) is 4.61. The van der Waals surface area contributed by atoms with Crippen molar-refractivity contribution in [2.75, 3.05) is 26.2 Å². The molecule has 0 aromatic carbocycles. The maximum absolute atomic E-state index is 12.6. The lowest BCUT2D eigenvalue weighted by molar-refractivity contribution is 0.0534. The van der Waals surface area contributed by atoms with Crippen molar-refractivity contribution in [3.8, 4) is 0 Å². The fourth-order valence-electron chi connectivity index (χ4n) is 3.35. The highest BCUT2D eigenvalue weighted by molar-refractivity contribution is 5.97. The van der Waals surface area contributed by atoms with Crippen molar-refractivity contribution in [1.82, 2.24) is 19.8 Å². The van der Waals surface area contributed by atoms with Crippen molar-refractivity contribution >= 4 is 11.8 Å². The molecule has 0 spiro atoms. The van der Waals surface area contributed by atoms with E-state index in [1.165, 1.54) is 0 Å². The van der Waals surface area contributed by atoms with E-state index in [9.17, 15) is 9.59 Å². The number of carbonyl (C=O) groups excluding carboxylic acids is 2. The van der Waals surface area contributed by atoms with Gasteiger partial charge in [0.2, 0.25) is 0 Å². The molecule has 0 bridgehead atoms. The predicted octanol–water partition coefficient (Wildman–Crippen LogP) is 2.17. The van der Waals surface area contributed by atoms with E-state index in [4.69, 9.17) is 0 Å². The lowest BCUT2D eigenvalue weighted by Crippen LogP contribution is -2.50. The summed E-state index contributed by atoms with van der Waals surface area (Å²) in [6.45, 7) is 9.98. The van der Waals surface area contributed by atoms with Crippen molar-refractivity contribution in [2.45, 2.75) is 27.7 Å². The van der Waals surface area contributed by atoms with Gasteiger partial charge in [-0.1, -0.05) is 0 Å². The molecule has 0 atom stereocenters. The number of hydrogen-bond donors (Lipinski definition) is 2. The molecule has 6 nitrogen and oxygen atoms in total. The quantitative estimate of drug-likeness (QED) is 0.887. The molecule has 1 aliphatic heterocycles. The molecule has 0 radical (unpaired) electrons. The number of piperazine rings is 1. The second kappa shape index (κ2) is 6.19. The molecule has 0 unspecified atom stereocenters. The summed E-state index contributed by atoms with van der Waals surface area (Å²) in [7, 11) is 0. The van der Waals surface area contributed by atoms with E-state index in [1.807, 2.05) is 49.6 Å². The number of rotatable bonds is 2. The summed E-state index contributed by atoms with van der Waals surface area (Å²) in [5, 5.41) is 0. The topological polar surface area (TPSA) is 72.2 Å². The Kier molecular flexibility index (Phi) is 4.22. The molecule has 2 aromatic heterocycles. The summed E-state index contributed by atoms with van der Waals surface area (Å²) >= 11 is 0. The SMILES string of the molecule is Cc1cc(C(=O)N2CCN(C(=O)c3cc(C)[nH]c3C)CC2)c(C)[nH]1. The van der Waals surface area contributed by atoms with Gasteiger partial charge in [0, 0.05) is 49.0 Å². The molecular weight excluding hydrogens is 304 g/mol. The van der Waals surface area contributed by atoms with Crippen LogP contribution < -0.4 is 0 Å². The van der Waals surface area contributed by atoms with E-state index in [0.29, 0.717) is 26.2 Å². The van der Waals surface area contributed by atoms with Gasteiger partial charge in [-0.3, -0.25) is 9.59 Å². The zero-order valence-electron chi connectivity index (χ0n) is 14.7. The van der Waals surface area contributed by atoms with Crippen LogP contribution in [-0.4, -0.2) is 57.8 Å². The lowest BCUT2D eigenvalue weighted by atomic mass is 10.1. The van der Waals surface area contributed by atoms with Crippen LogP contribution in [0.1, 0.15) is 43.5 Å². The fraction of sp³-hybridized carbons (Fsp3) is 0.444. The second-order valence-corrected chi connectivity index (χ2v) is 6.57. The van der Waals surface area contributed by atoms with Crippen LogP contribution in [0.3, 0.4) is 0 Å². The largest absolute Gasteiger partial charge is 0.362 e. The van der Waals surface area contributed by atoms with Crippen LogP contribution in [0.25, 0.3) is 0 Å². The molecular formula is C18H24N4O2. The Morgan fingerprint density at radius 1 is 0.750 bits per heavy atom. The lowest BCUT2D eigenvalue weighted by Gasteiger charge is -2.34. The Labute approximate surface area is 141 Å². The molecule has 2 N–H and O–H groups in total. The first-order valence-corrected chi connectivity index (χ1v) is 8.28. The number of H-pyrrole nitrogens is 2. The van der Waals surface area contributed by atoms with Gasteiger partial charge in [-0.2, -0.15) is 0 Å².